The Morgan fingerprint density at radius 3 is 2.30 bits per heavy atom. The topological polar surface area (TPSA) is 130 Å². The van der Waals surface area contributed by atoms with Gasteiger partial charge in [0.15, 0.2) is 9.84 Å². The van der Waals surface area contributed by atoms with Crippen molar-refractivity contribution in [2.45, 2.75) is 43.3 Å². The number of sulfone groups is 1. The van der Waals surface area contributed by atoms with Gasteiger partial charge in [-0.05, 0) is 48.2 Å². The zero-order chi connectivity index (χ0) is 23.8. The van der Waals surface area contributed by atoms with E-state index in [1.54, 1.807) is 0 Å². The summed E-state index contributed by atoms with van der Waals surface area (Å²) < 4.78 is 51.8. The molecule has 2 unspecified atom stereocenters. The molecule has 2 heterocycles. The van der Waals surface area contributed by atoms with Crippen LogP contribution in [0.4, 0.5) is 5.69 Å². The molecule has 0 aromatic heterocycles. The summed E-state index contributed by atoms with van der Waals surface area (Å²) in [5, 5.41) is 5.34. The van der Waals surface area contributed by atoms with Gasteiger partial charge in [0.25, 0.3) is 0 Å². The van der Waals surface area contributed by atoms with Crippen molar-refractivity contribution in [3.63, 3.8) is 0 Å². The molecule has 0 spiro atoms. The third-order valence-corrected chi connectivity index (χ3v) is 9.51. The van der Waals surface area contributed by atoms with E-state index in [1.165, 1.54) is 35.5 Å². The molecule has 2 N–H and O–H groups in total. The van der Waals surface area contributed by atoms with Crippen LogP contribution in [0.25, 0.3) is 0 Å². The van der Waals surface area contributed by atoms with Crippen LogP contribution in [0, 0.1) is 0 Å². The number of hydrogen-bond acceptors (Lipinski definition) is 6. The molecule has 2 aliphatic heterocycles. The van der Waals surface area contributed by atoms with Gasteiger partial charge in [-0.25, -0.2) is 16.8 Å². The molecule has 9 nitrogen and oxygen atoms in total. The predicted octanol–water partition coefficient (Wildman–Crippen LogP) is 1.06. The fourth-order valence-electron chi connectivity index (χ4n) is 4.23. The molecule has 2 atom stereocenters. The zero-order valence-electron chi connectivity index (χ0n) is 18.0. The first-order valence-electron chi connectivity index (χ1n) is 10.5. The minimum Gasteiger partial charge on any atom is -0.351 e. The van der Waals surface area contributed by atoms with E-state index in [0.29, 0.717) is 12.1 Å². The highest BCUT2D eigenvalue weighted by molar-refractivity contribution is 7.91. The number of amides is 2. The van der Waals surface area contributed by atoms with Crippen LogP contribution in [0.3, 0.4) is 0 Å². The largest absolute Gasteiger partial charge is 0.351 e. The van der Waals surface area contributed by atoms with Gasteiger partial charge < -0.3 is 10.6 Å². The lowest BCUT2D eigenvalue weighted by atomic mass is 9.95. The molecule has 0 aliphatic carbocycles. The van der Waals surface area contributed by atoms with Crippen LogP contribution in [0.2, 0.25) is 0 Å². The van der Waals surface area contributed by atoms with Crippen LogP contribution in [-0.2, 0) is 42.4 Å². The number of rotatable bonds is 5. The fourth-order valence-corrected chi connectivity index (χ4v) is 7.47. The average molecular weight is 492 g/mol. The van der Waals surface area contributed by atoms with E-state index in [4.69, 9.17) is 0 Å². The quantitative estimate of drug-likeness (QED) is 0.644. The first-order chi connectivity index (χ1) is 15.5. The highest BCUT2D eigenvalue weighted by atomic mass is 32.2. The highest BCUT2D eigenvalue weighted by Crippen LogP contribution is 2.30. The Kier molecular flexibility index (Phi) is 6.30. The summed E-state index contributed by atoms with van der Waals surface area (Å²) >= 11 is 0. The van der Waals surface area contributed by atoms with Gasteiger partial charge in [0.2, 0.25) is 21.8 Å². The molecule has 11 heteroatoms. The van der Waals surface area contributed by atoms with E-state index in [2.05, 4.69) is 10.6 Å². The lowest BCUT2D eigenvalue weighted by Crippen LogP contribution is -2.54. The van der Waals surface area contributed by atoms with E-state index in [1.807, 2.05) is 24.3 Å². The molecule has 0 radical (unpaired) electrons. The number of nitrogens with one attached hydrogen (secondary N) is 2. The van der Waals surface area contributed by atoms with Crippen molar-refractivity contribution in [2.75, 3.05) is 16.8 Å². The molecule has 2 aliphatic rings. The van der Waals surface area contributed by atoms with Gasteiger partial charge in [0.1, 0.15) is 6.04 Å². The summed E-state index contributed by atoms with van der Waals surface area (Å²) in [5.74, 6) is -0.915. The molecule has 4 rings (SSSR count). The molecule has 0 bridgehead atoms. The van der Waals surface area contributed by atoms with Gasteiger partial charge in [-0.15, -0.1) is 0 Å². The zero-order valence-corrected chi connectivity index (χ0v) is 19.7. The Hall–Kier alpha value is -2.76. The van der Waals surface area contributed by atoms with Gasteiger partial charge in [-0.3, -0.25) is 9.59 Å². The Morgan fingerprint density at radius 2 is 1.70 bits per heavy atom. The molecule has 176 valence electrons. The lowest BCUT2D eigenvalue weighted by Gasteiger charge is -2.35. The summed E-state index contributed by atoms with van der Waals surface area (Å²) in [6.07, 6.45) is 0.499. The van der Waals surface area contributed by atoms with Gasteiger partial charge in [0.05, 0.1) is 16.4 Å². The third kappa shape index (κ3) is 5.10. The summed E-state index contributed by atoms with van der Waals surface area (Å²) in [5.41, 5.74) is 2.15. The maximum Gasteiger partial charge on any atom is 0.244 e. The SMILES string of the molecule is CC(=O)Nc1ccc(S(=O)(=O)N2Cc3ccccc3CC2C(=O)NC2CCS(=O)(=O)C2)cc1. The van der Waals surface area contributed by atoms with E-state index in [9.17, 15) is 26.4 Å². The van der Waals surface area contributed by atoms with Crippen molar-refractivity contribution in [1.82, 2.24) is 9.62 Å². The van der Waals surface area contributed by atoms with E-state index in [0.717, 1.165) is 11.1 Å². The van der Waals surface area contributed by atoms with Gasteiger partial charge in [-0.2, -0.15) is 4.31 Å². The van der Waals surface area contributed by atoms with Crippen LogP contribution < -0.4 is 10.6 Å². The maximum absolute atomic E-state index is 13.5. The summed E-state index contributed by atoms with van der Waals surface area (Å²) in [7, 11) is -7.25. The average Bonchev–Trinajstić information content (AvgIpc) is 3.10. The molecule has 1 saturated heterocycles. The number of nitrogens with zero attached hydrogens (tertiary/aromatic N) is 1. The van der Waals surface area contributed by atoms with Gasteiger partial charge >= 0.3 is 0 Å². The highest BCUT2D eigenvalue weighted by Gasteiger charge is 2.41. The number of hydrogen-bond donors (Lipinski definition) is 2. The monoisotopic (exact) mass is 491 g/mol. The molecule has 2 aromatic carbocycles. The fraction of sp³-hybridized carbons (Fsp3) is 0.364. The molecule has 0 saturated carbocycles. The third-order valence-electron chi connectivity index (χ3n) is 5.87. The molecule has 33 heavy (non-hydrogen) atoms. The second kappa shape index (κ2) is 8.88. The number of fused-ring (bicyclic) bond motifs is 1. The molecule has 2 aromatic rings. The Labute approximate surface area is 193 Å². The summed E-state index contributed by atoms with van der Waals surface area (Å²) in [6, 6.07) is 11.6. The van der Waals surface area contributed by atoms with Gasteiger partial charge in [-0.1, -0.05) is 24.3 Å². The molecular weight excluding hydrogens is 466 g/mol. The van der Waals surface area contributed by atoms with Gasteiger partial charge in [0, 0.05) is 25.2 Å². The van der Waals surface area contributed by atoms with Crippen LogP contribution in [0.1, 0.15) is 24.5 Å². The van der Waals surface area contributed by atoms with Crippen molar-refractivity contribution in [1.29, 1.82) is 0 Å². The number of sulfonamides is 1. The smallest absolute Gasteiger partial charge is 0.244 e. The second-order valence-electron chi connectivity index (χ2n) is 8.35. The standard InChI is InChI=1S/C22H25N3O6S2/c1-15(26)23-18-6-8-20(9-7-18)33(30,31)25-13-17-5-3-2-4-16(17)12-21(25)22(27)24-19-10-11-32(28,29)14-19/h2-9,19,21H,10-14H2,1H3,(H,23,26)(H,24,27). The van der Waals surface area contributed by atoms with Crippen molar-refractivity contribution < 1.29 is 26.4 Å². The second-order valence-corrected chi connectivity index (χ2v) is 12.5. The summed E-state index contributed by atoms with van der Waals surface area (Å²) in [4.78, 5) is 24.4. The Balaban J connectivity index is 1.64. The number of carbonyl (C=O) groups excluding carboxylic acids is 2. The van der Waals surface area contributed by atoms with Crippen LogP contribution >= 0.6 is 0 Å². The maximum atomic E-state index is 13.5. The Bertz CT molecular complexity index is 1290. The van der Waals surface area contributed by atoms with Crippen molar-refractivity contribution >= 4 is 37.4 Å². The Morgan fingerprint density at radius 1 is 1.03 bits per heavy atom. The van der Waals surface area contributed by atoms with E-state index < -0.39 is 37.9 Å². The minimum absolute atomic E-state index is 0.00257. The number of benzene rings is 2. The normalized spacial score (nSPS) is 22.3. The molecule has 1 fully saturated rings. The van der Waals surface area contributed by atoms with E-state index >= 15 is 0 Å². The van der Waals surface area contributed by atoms with E-state index in [-0.39, 0.29) is 35.3 Å². The van der Waals surface area contributed by atoms with Crippen molar-refractivity contribution in [2.24, 2.45) is 0 Å². The lowest BCUT2D eigenvalue weighted by molar-refractivity contribution is -0.125. The number of anilines is 1. The minimum atomic E-state index is -4.06. The predicted molar refractivity (Wildman–Crippen MR) is 123 cm³/mol. The van der Waals surface area contributed by atoms with Crippen LogP contribution in [0.5, 0.6) is 0 Å². The van der Waals surface area contributed by atoms with Crippen LogP contribution in [-0.4, -0.2) is 56.5 Å². The van der Waals surface area contributed by atoms with Crippen molar-refractivity contribution in [3.05, 3.63) is 59.7 Å². The van der Waals surface area contributed by atoms with Crippen LogP contribution in [0.15, 0.2) is 53.4 Å². The number of carbonyl (C=O) groups is 2. The summed E-state index contributed by atoms with van der Waals surface area (Å²) in [6.45, 7) is 1.38. The molecular formula is C22H25N3O6S2. The molecule has 2 amide bonds. The first kappa shape index (κ1) is 23.4. The first-order valence-corrected chi connectivity index (χ1v) is 13.8. The van der Waals surface area contributed by atoms with Crippen molar-refractivity contribution in [3.8, 4) is 0 Å².